The van der Waals surface area contributed by atoms with Crippen LogP contribution in [0.5, 0.6) is 0 Å². The molecule has 0 atom stereocenters. The highest BCUT2D eigenvalue weighted by Gasteiger charge is 2.04. The van der Waals surface area contributed by atoms with E-state index in [4.69, 9.17) is 0 Å². The van der Waals surface area contributed by atoms with E-state index >= 15 is 0 Å². The molecule has 4 heteroatoms. The largest absolute Gasteiger partial charge is 0.269 e. The summed E-state index contributed by atoms with van der Waals surface area (Å²) in [7, 11) is 0. The molecule has 0 amide bonds. The van der Waals surface area contributed by atoms with Crippen molar-refractivity contribution in [2.45, 2.75) is 25.5 Å². The Hall–Kier alpha value is -1.03. The number of rotatable bonds is 6. The number of hydrogen-bond acceptors (Lipinski definition) is 3. The van der Waals surface area contributed by atoms with E-state index in [1.807, 2.05) is 17.8 Å². The van der Waals surface area contributed by atoms with Gasteiger partial charge in [0, 0.05) is 17.9 Å². The average molecular weight is 225 g/mol. The molecule has 0 aliphatic heterocycles. The molecule has 0 N–H and O–H groups in total. The van der Waals surface area contributed by atoms with E-state index in [1.54, 1.807) is 12.1 Å². The van der Waals surface area contributed by atoms with Crippen LogP contribution in [0.25, 0.3) is 0 Å². The number of nitrogens with zero attached hydrogens (tertiary/aromatic N) is 1. The number of non-ortho nitro benzene ring substituents is 1. The maximum Gasteiger partial charge on any atom is 0.269 e. The number of unbranched alkanes of at least 4 members (excludes halogenated alkanes) is 1. The molecule has 0 aliphatic carbocycles. The Balaban J connectivity index is 2.47. The van der Waals surface area contributed by atoms with Gasteiger partial charge in [0.2, 0.25) is 0 Å². The van der Waals surface area contributed by atoms with Gasteiger partial charge in [-0.05, 0) is 17.7 Å². The minimum atomic E-state index is -0.347. The van der Waals surface area contributed by atoms with Crippen LogP contribution in [0.1, 0.15) is 25.3 Å². The molecule has 0 radical (unpaired) electrons. The number of benzene rings is 1. The van der Waals surface area contributed by atoms with Gasteiger partial charge in [0.1, 0.15) is 0 Å². The van der Waals surface area contributed by atoms with Crippen LogP contribution in [0.4, 0.5) is 5.69 Å². The Morgan fingerprint density at radius 3 is 2.93 bits per heavy atom. The molecule has 15 heavy (non-hydrogen) atoms. The molecule has 0 aliphatic rings. The quantitative estimate of drug-likeness (QED) is 0.422. The Morgan fingerprint density at radius 1 is 1.47 bits per heavy atom. The molecule has 0 heterocycles. The first-order chi connectivity index (χ1) is 7.24. The van der Waals surface area contributed by atoms with Gasteiger partial charge in [-0.25, -0.2) is 0 Å². The summed E-state index contributed by atoms with van der Waals surface area (Å²) in [5, 5.41) is 10.5. The van der Waals surface area contributed by atoms with Gasteiger partial charge in [-0.2, -0.15) is 11.8 Å². The zero-order chi connectivity index (χ0) is 11.1. The van der Waals surface area contributed by atoms with E-state index in [0.29, 0.717) is 0 Å². The summed E-state index contributed by atoms with van der Waals surface area (Å²) in [6, 6.07) is 6.86. The van der Waals surface area contributed by atoms with Gasteiger partial charge >= 0.3 is 0 Å². The Bertz CT molecular complexity index is 328. The molecule has 1 rings (SSSR count). The van der Waals surface area contributed by atoms with Gasteiger partial charge in [0.05, 0.1) is 4.92 Å². The van der Waals surface area contributed by atoms with Crippen LogP contribution < -0.4 is 0 Å². The highest BCUT2D eigenvalue weighted by atomic mass is 32.2. The van der Waals surface area contributed by atoms with Crippen molar-refractivity contribution < 1.29 is 4.92 Å². The third-order valence-corrected chi connectivity index (χ3v) is 3.15. The normalized spacial score (nSPS) is 10.2. The number of nitro groups is 1. The molecule has 0 saturated carbocycles. The van der Waals surface area contributed by atoms with E-state index in [-0.39, 0.29) is 10.6 Å². The van der Waals surface area contributed by atoms with Crippen molar-refractivity contribution in [3.8, 4) is 0 Å². The van der Waals surface area contributed by atoms with Crippen LogP contribution >= 0.6 is 11.8 Å². The lowest BCUT2D eigenvalue weighted by molar-refractivity contribution is -0.384. The molecular weight excluding hydrogens is 210 g/mol. The van der Waals surface area contributed by atoms with Crippen LogP contribution in [-0.2, 0) is 5.75 Å². The smallest absolute Gasteiger partial charge is 0.258 e. The minimum absolute atomic E-state index is 0.184. The lowest BCUT2D eigenvalue weighted by atomic mass is 10.2. The second-order valence-electron chi connectivity index (χ2n) is 3.33. The monoisotopic (exact) mass is 225 g/mol. The van der Waals surface area contributed by atoms with Crippen LogP contribution in [0.2, 0.25) is 0 Å². The molecule has 0 bridgehead atoms. The Kier molecular flexibility index (Phi) is 5.18. The lowest BCUT2D eigenvalue weighted by Crippen LogP contribution is -1.89. The summed E-state index contributed by atoms with van der Waals surface area (Å²) in [5.74, 6) is 1.99. The van der Waals surface area contributed by atoms with Crippen molar-refractivity contribution in [3.05, 3.63) is 39.9 Å². The summed E-state index contributed by atoms with van der Waals surface area (Å²) in [6.45, 7) is 2.16. The fourth-order valence-electron chi connectivity index (χ4n) is 1.20. The van der Waals surface area contributed by atoms with E-state index in [0.717, 1.165) is 17.1 Å². The maximum atomic E-state index is 10.5. The SMILES string of the molecule is CCCCSCc1cccc([N+](=O)[O-])c1. The van der Waals surface area contributed by atoms with Crippen molar-refractivity contribution in [1.29, 1.82) is 0 Å². The average Bonchev–Trinajstić information content (AvgIpc) is 2.25. The van der Waals surface area contributed by atoms with Crippen LogP contribution in [0.15, 0.2) is 24.3 Å². The van der Waals surface area contributed by atoms with Crippen LogP contribution in [0.3, 0.4) is 0 Å². The summed E-state index contributed by atoms with van der Waals surface area (Å²) in [6.07, 6.45) is 2.40. The Labute approximate surface area is 94.0 Å². The molecule has 0 unspecified atom stereocenters. The second kappa shape index (κ2) is 6.45. The third kappa shape index (κ3) is 4.34. The summed E-state index contributed by atoms with van der Waals surface area (Å²) in [4.78, 5) is 10.2. The van der Waals surface area contributed by atoms with Crippen molar-refractivity contribution >= 4 is 17.4 Å². The van der Waals surface area contributed by atoms with Crippen molar-refractivity contribution in [2.24, 2.45) is 0 Å². The van der Waals surface area contributed by atoms with Crippen molar-refractivity contribution in [2.75, 3.05) is 5.75 Å². The number of nitro benzene ring substituents is 1. The summed E-state index contributed by atoms with van der Waals surface area (Å²) in [5.41, 5.74) is 1.22. The van der Waals surface area contributed by atoms with Gasteiger partial charge in [-0.3, -0.25) is 10.1 Å². The minimum Gasteiger partial charge on any atom is -0.258 e. The van der Waals surface area contributed by atoms with Gasteiger partial charge in [0.25, 0.3) is 5.69 Å². The highest BCUT2D eigenvalue weighted by molar-refractivity contribution is 7.98. The molecule has 0 saturated heterocycles. The molecule has 0 aromatic heterocycles. The van der Waals surface area contributed by atoms with Gasteiger partial charge < -0.3 is 0 Å². The zero-order valence-corrected chi connectivity index (χ0v) is 9.63. The predicted octanol–water partition coefficient (Wildman–Crippen LogP) is 3.63. The lowest BCUT2D eigenvalue weighted by Gasteiger charge is -2.00. The first kappa shape index (κ1) is 12.0. The van der Waals surface area contributed by atoms with E-state index in [1.165, 1.54) is 18.9 Å². The molecule has 1 aromatic rings. The van der Waals surface area contributed by atoms with E-state index in [2.05, 4.69) is 6.92 Å². The molecule has 1 aromatic carbocycles. The topological polar surface area (TPSA) is 43.1 Å². The second-order valence-corrected chi connectivity index (χ2v) is 4.44. The van der Waals surface area contributed by atoms with Gasteiger partial charge in [-0.15, -0.1) is 0 Å². The summed E-state index contributed by atoms with van der Waals surface area (Å²) < 4.78 is 0. The van der Waals surface area contributed by atoms with Crippen molar-refractivity contribution in [1.82, 2.24) is 0 Å². The van der Waals surface area contributed by atoms with Crippen LogP contribution in [-0.4, -0.2) is 10.7 Å². The zero-order valence-electron chi connectivity index (χ0n) is 8.81. The first-order valence-corrected chi connectivity index (χ1v) is 6.20. The van der Waals surface area contributed by atoms with Crippen LogP contribution in [0, 0.1) is 10.1 Å². The number of hydrogen-bond donors (Lipinski definition) is 0. The van der Waals surface area contributed by atoms with Crippen molar-refractivity contribution in [3.63, 3.8) is 0 Å². The fourth-order valence-corrected chi connectivity index (χ4v) is 2.25. The standard InChI is InChI=1S/C11H15NO2S/c1-2-3-7-15-9-10-5-4-6-11(8-10)12(13)14/h4-6,8H,2-3,7,9H2,1H3. The van der Waals surface area contributed by atoms with E-state index in [9.17, 15) is 10.1 Å². The molecule has 0 spiro atoms. The van der Waals surface area contributed by atoms with Gasteiger partial charge in [0.15, 0.2) is 0 Å². The predicted molar refractivity (Wildman–Crippen MR) is 64.2 cm³/mol. The van der Waals surface area contributed by atoms with Gasteiger partial charge in [-0.1, -0.05) is 25.5 Å². The third-order valence-electron chi connectivity index (χ3n) is 2.03. The Morgan fingerprint density at radius 2 is 2.27 bits per heavy atom. The molecule has 82 valence electrons. The maximum absolute atomic E-state index is 10.5. The molecular formula is C11H15NO2S. The molecule has 3 nitrogen and oxygen atoms in total. The van der Waals surface area contributed by atoms with E-state index < -0.39 is 0 Å². The number of thioether (sulfide) groups is 1. The fraction of sp³-hybridized carbons (Fsp3) is 0.455. The highest BCUT2D eigenvalue weighted by Crippen LogP contribution is 2.18. The summed E-state index contributed by atoms with van der Waals surface area (Å²) >= 11 is 1.83. The first-order valence-electron chi connectivity index (χ1n) is 5.05. The molecule has 0 fully saturated rings.